The van der Waals surface area contributed by atoms with E-state index < -0.39 is 9.84 Å². The molecule has 27 heavy (non-hydrogen) atoms. The summed E-state index contributed by atoms with van der Waals surface area (Å²) in [6.07, 6.45) is 1.99. The SMILES string of the molecule is CCNC(=NCCc1csc(C)n1)NCCOc1ccc(S(C)(=O)=O)cc1. The molecule has 148 valence electrons. The van der Waals surface area contributed by atoms with Gasteiger partial charge in [-0.15, -0.1) is 11.3 Å². The fraction of sp³-hybridized carbons (Fsp3) is 0.444. The predicted molar refractivity (Wildman–Crippen MR) is 110 cm³/mol. The van der Waals surface area contributed by atoms with Crippen LogP contribution in [0.5, 0.6) is 5.75 Å². The Morgan fingerprint density at radius 3 is 2.59 bits per heavy atom. The molecule has 0 bridgehead atoms. The number of aryl methyl sites for hydroxylation is 1. The van der Waals surface area contributed by atoms with Crippen LogP contribution < -0.4 is 15.4 Å². The lowest BCUT2D eigenvalue weighted by molar-refractivity contribution is 0.321. The van der Waals surface area contributed by atoms with Gasteiger partial charge in [0.1, 0.15) is 12.4 Å². The first-order valence-corrected chi connectivity index (χ1v) is 11.5. The van der Waals surface area contributed by atoms with E-state index in [1.54, 1.807) is 35.6 Å². The lowest BCUT2D eigenvalue weighted by Gasteiger charge is -2.12. The highest BCUT2D eigenvalue weighted by atomic mass is 32.2. The molecule has 0 radical (unpaired) electrons. The first-order chi connectivity index (χ1) is 12.9. The molecular weight excluding hydrogens is 384 g/mol. The number of aliphatic imine (C=N–C) groups is 1. The Hall–Kier alpha value is -2.13. The van der Waals surface area contributed by atoms with Crippen LogP contribution in [0.1, 0.15) is 17.6 Å². The van der Waals surface area contributed by atoms with Gasteiger partial charge in [-0.25, -0.2) is 13.4 Å². The largest absolute Gasteiger partial charge is 0.492 e. The van der Waals surface area contributed by atoms with Gasteiger partial charge < -0.3 is 15.4 Å². The van der Waals surface area contributed by atoms with Crippen LogP contribution in [-0.2, 0) is 16.3 Å². The quantitative estimate of drug-likeness (QED) is 0.373. The van der Waals surface area contributed by atoms with Crippen molar-refractivity contribution in [3.63, 3.8) is 0 Å². The normalized spacial score (nSPS) is 12.0. The minimum atomic E-state index is -3.19. The number of sulfone groups is 1. The summed E-state index contributed by atoms with van der Waals surface area (Å²) in [6, 6.07) is 6.41. The molecule has 7 nitrogen and oxygen atoms in total. The maximum absolute atomic E-state index is 11.4. The average molecular weight is 411 g/mol. The van der Waals surface area contributed by atoms with Gasteiger partial charge >= 0.3 is 0 Å². The van der Waals surface area contributed by atoms with Gasteiger partial charge in [0.15, 0.2) is 15.8 Å². The molecule has 0 spiro atoms. The number of hydrogen-bond donors (Lipinski definition) is 2. The molecule has 0 unspecified atom stereocenters. The molecule has 0 aliphatic heterocycles. The predicted octanol–water partition coefficient (Wildman–Crippen LogP) is 2.03. The van der Waals surface area contributed by atoms with E-state index in [9.17, 15) is 8.42 Å². The number of ether oxygens (including phenoxy) is 1. The minimum Gasteiger partial charge on any atom is -0.492 e. The van der Waals surface area contributed by atoms with Crippen LogP contribution in [-0.4, -0.2) is 51.9 Å². The van der Waals surface area contributed by atoms with Crippen molar-refractivity contribution in [3.05, 3.63) is 40.3 Å². The van der Waals surface area contributed by atoms with Crippen molar-refractivity contribution >= 4 is 27.1 Å². The highest BCUT2D eigenvalue weighted by Crippen LogP contribution is 2.15. The smallest absolute Gasteiger partial charge is 0.191 e. The van der Waals surface area contributed by atoms with Crippen molar-refractivity contribution in [2.45, 2.75) is 25.2 Å². The molecular formula is C18H26N4O3S2. The van der Waals surface area contributed by atoms with Crippen molar-refractivity contribution in [2.75, 3.05) is 32.5 Å². The standard InChI is InChI=1S/C18H26N4O3S2/c1-4-19-18(20-10-9-15-13-26-14(2)22-15)21-11-12-25-16-5-7-17(8-6-16)27(3,23)24/h5-8,13H,4,9-12H2,1-3H3,(H2,19,20,21). The van der Waals surface area contributed by atoms with Crippen molar-refractivity contribution < 1.29 is 13.2 Å². The van der Waals surface area contributed by atoms with Crippen molar-refractivity contribution in [1.82, 2.24) is 15.6 Å². The molecule has 0 atom stereocenters. The highest BCUT2D eigenvalue weighted by molar-refractivity contribution is 7.90. The van der Waals surface area contributed by atoms with Crippen LogP contribution >= 0.6 is 11.3 Å². The number of aromatic nitrogens is 1. The summed E-state index contributed by atoms with van der Waals surface area (Å²) in [5, 5.41) is 9.55. The number of guanidine groups is 1. The lowest BCUT2D eigenvalue weighted by Crippen LogP contribution is -2.39. The van der Waals surface area contributed by atoms with Crippen LogP contribution in [0.15, 0.2) is 39.5 Å². The Morgan fingerprint density at radius 2 is 2.00 bits per heavy atom. The molecule has 2 rings (SSSR count). The Labute approximate surface area is 164 Å². The molecule has 1 heterocycles. The van der Waals surface area contributed by atoms with Crippen LogP contribution in [0.2, 0.25) is 0 Å². The Morgan fingerprint density at radius 1 is 1.26 bits per heavy atom. The maximum Gasteiger partial charge on any atom is 0.191 e. The molecule has 0 aliphatic rings. The third-order valence-electron chi connectivity index (χ3n) is 3.56. The van der Waals surface area contributed by atoms with E-state index in [0.717, 1.165) is 29.6 Å². The summed E-state index contributed by atoms with van der Waals surface area (Å²) in [5.74, 6) is 1.37. The highest BCUT2D eigenvalue weighted by Gasteiger charge is 2.06. The number of benzene rings is 1. The van der Waals surface area contributed by atoms with Gasteiger partial charge in [0.25, 0.3) is 0 Å². The van der Waals surface area contributed by atoms with Gasteiger partial charge in [0.05, 0.1) is 22.1 Å². The number of hydrogen-bond acceptors (Lipinski definition) is 6. The Kier molecular flexibility index (Phi) is 8.05. The zero-order valence-electron chi connectivity index (χ0n) is 15.9. The molecule has 2 N–H and O–H groups in total. The summed E-state index contributed by atoms with van der Waals surface area (Å²) in [7, 11) is -3.19. The molecule has 0 saturated heterocycles. The molecule has 0 fully saturated rings. The zero-order valence-corrected chi connectivity index (χ0v) is 17.5. The molecule has 2 aromatic rings. The van der Waals surface area contributed by atoms with Gasteiger partial charge in [0, 0.05) is 31.1 Å². The molecule has 0 saturated carbocycles. The second-order valence-electron chi connectivity index (χ2n) is 5.89. The van der Waals surface area contributed by atoms with E-state index in [4.69, 9.17) is 4.74 Å². The Bertz CT molecular complexity index is 846. The van der Waals surface area contributed by atoms with E-state index in [2.05, 4.69) is 26.0 Å². The fourth-order valence-corrected chi connectivity index (χ4v) is 3.55. The van der Waals surface area contributed by atoms with Gasteiger partial charge in [-0.2, -0.15) is 0 Å². The summed E-state index contributed by atoms with van der Waals surface area (Å²) in [6.45, 7) is 6.46. The van der Waals surface area contributed by atoms with Crippen molar-refractivity contribution in [3.8, 4) is 5.75 Å². The maximum atomic E-state index is 11.4. The third kappa shape index (κ3) is 7.56. The molecule has 1 aromatic carbocycles. The van der Waals surface area contributed by atoms with Gasteiger partial charge in [-0.1, -0.05) is 0 Å². The van der Waals surface area contributed by atoms with Gasteiger partial charge in [-0.3, -0.25) is 4.99 Å². The van der Waals surface area contributed by atoms with E-state index in [-0.39, 0.29) is 4.90 Å². The lowest BCUT2D eigenvalue weighted by atomic mass is 10.3. The summed E-state index contributed by atoms with van der Waals surface area (Å²) in [5.41, 5.74) is 1.07. The number of nitrogens with one attached hydrogen (secondary N) is 2. The van der Waals surface area contributed by atoms with Gasteiger partial charge in [0.2, 0.25) is 0 Å². The number of rotatable bonds is 9. The van der Waals surface area contributed by atoms with E-state index in [1.807, 2.05) is 13.8 Å². The van der Waals surface area contributed by atoms with Crippen LogP contribution in [0.3, 0.4) is 0 Å². The van der Waals surface area contributed by atoms with Gasteiger partial charge in [-0.05, 0) is 38.1 Å². The topological polar surface area (TPSA) is 92.7 Å². The van der Waals surface area contributed by atoms with E-state index >= 15 is 0 Å². The number of thiazole rings is 1. The molecule has 1 aromatic heterocycles. The summed E-state index contributed by atoms with van der Waals surface area (Å²) in [4.78, 5) is 9.25. The Balaban J connectivity index is 1.75. The zero-order chi connectivity index (χ0) is 19.7. The first-order valence-electron chi connectivity index (χ1n) is 8.74. The van der Waals surface area contributed by atoms with Crippen LogP contribution in [0, 0.1) is 6.92 Å². The third-order valence-corrected chi connectivity index (χ3v) is 5.51. The van der Waals surface area contributed by atoms with Crippen molar-refractivity contribution in [1.29, 1.82) is 0 Å². The monoisotopic (exact) mass is 410 g/mol. The molecule has 0 amide bonds. The first kappa shape index (κ1) is 21.2. The second-order valence-corrected chi connectivity index (χ2v) is 8.97. The van der Waals surface area contributed by atoms with Crippen LogP contribution in [0.4, 0.5) is 0 Å². The molecule has 9 heteroatoms. The molecule has 0 aliphatic carbocycles. The second kappa shape index (κ2) is 10.3. The van der Waals surface area contributed by atoms with Crippen LogP contribution in [0.25, 0.3) is 0 Å². The average Bonchev–Trinajstić information content (AvgIpc) is 3.03. The summed E-state index contributed by atoms with van der Waals surface area (Å²) >= 11 is 1.65. The fourth-order valence-electron chi connectivity index (χ4n) is 2.27. The number of nitrogens with zero attached hydrogens (tertiary/aromatic N) is 2. The summed E-state index contributed by atoms with van der Waals surface area (Å²) < 4.78 is 28.5. The van der Waals surface area contributed by atoms with Crippen molar-refractivity contribution in [2.24, 2.45) is 4.99 Å². The minimum absolute atomic E-state index is 0.282. The van der Waals surface area contributed by atoms with E-state index in [0.29, 0.717) is 25.4 Å². The van der Waals surface area contributed by atoms with E-state index in [1.165, 1.54) is 6.26 Å².